The van der Waals surface area contributed by atoms with Gasteiger partial charge in [0.25, 0.3) is 0 Å². The van der Waals surface area contributed by atoms with Gasteiger partial charge in [-0.15, -0.1) is 0 Å². The minimum atomic E-state index is -0.951. The molecule has 2 heterocycles. The Balaban J connectivity index is 1.99. The molecule has 10 heteroatoms. The fourth-order valence-corrected chi connectivity index (χ4v) is 4.77. The van der Waals surface area contributed by atoms with Crippen LogP contribution in [0.1, 0.15) is 69.2 Å². The average molecular weight is 524 g/mol. The van der Waals surface area contributed by atoms with Crippen LogP contribution in [-0.4, -0.2) is 53.4 Å². The minimum absolute atomic E-state index is 0.0624. The third-order valence-corrected chi connectivity index (χ3v) is 6.78. The number of ketones is 1. The van der Waals surface area contributed by atoms with Crippen molar-refractivity contribution >= 4 is 11.8 Å². The molecule has 0 spiro atoms. The lowest BCUT2D eigenvalue weighted by atomic mass is 9.83. The largest absolute Gasteiger partial charge is 0.507 e. The first-order chi connectivity index (χ1) is 18.1. The van der Waals surface area contributed by atoms with E-state index in [1.807, 2.05) is 0 Å². The summed E-state index contributed by atoms with van der Waals surface area (Å²) in [5.74, 6) is -2.18. The first kappa shape index (κ1) is 26.7. The monoisotopic (exact) mass is 523 g/mol. The number of fused-ring (bicyclic) bond motifs is 1. The summed E-state index contributed by atoms with van der Waals surface area (Å²) in [5.41, 5.74) is 1.91. The van der Waals surface area contributed by atoms with E-state index >= 15 is 0 Å². The highest BCUT2D eigenvalue weighted by molar-refractivity contribution is 5.98. The van der Waals surface area contributed by atoms with Gasteiger partial charge in [-0.1, -0.05) is 6.07 Å². The number of hydrogen-bond acceptors (Lipinski definition) is 10. The number of phenolic OH excluding ortho intramolecular Hbond substituents is 2. The number of ether oxygens (including phenoxy) is 4. The molecule has 0 aliphatic carbocycles. The van der Waals surface area contributed by atoms with Crippen molar-refractivity contribution in [2.75, 3.05) is 21.3 Å². The van der Waals surface area contributed by atoms with Crippen molar-refractivity contribution in [3.63, 3.8) is 0 Å². The maximum absolute atomic E-state index is 12.6. The number of pyridine rings is 1. The molecule has 0 fully saturated rings. The van der Waals surface area contributed by atoms with Crippen LogP contribution in [0.2, 0.25) is 0 Å². The molecule has 0 bridgehead atoms. The number of aryl methyl sites for hydroxylation is 1. The van der Waals surface area contributed by atoms with Crippen molar-refractivity contribution in [2.24, 2.45) is 0 Å². The lowest BCUT2D eigenvalue weighted by Gasteiger charge is -2.25. The lowest BCUT2D eigenvalue weighted by molar-refractivity contribution is -0.140. The molecule has 0 saturated carbocycles. The van der Waals surface area contributed by atoms with Crippen molar-refractivity contribution in [3.05, 3.63) is 69.5 Å². The van der Waals surface area contributed by atoms with E-state index in [4.69, 9.17) is 18.9 Å². The number of methoxy groups -OCH3 is 3. The van der Waals surface area contributed by atoms with Gasteiger partial charge in [-0.05, 0) is 37.6 Å². The number of Topliss-reactive ketones (excluding diaryl/α,β-unsaturated/α-hetero) is 1. The Bertz CT molecular complexity index is 1420. The predicted molar refractivity (Wildman–Crippen MR) is 135 cm³/mol. The van der Waals surface area contributed by atoms with E-state index in [1.165, 1.54) is 34.3 Å². The highest BCUT2D eigenvalue weighted by Gasteiger charge is 2.36. The Morgan fingerprint density at radius 1 is 1.05 bits per heavy atom. The van der Waals surface area contributed by atoms with E-state index in [2.05, 4.69) is 4.98 Å². The van der Waals surface area contributed by atoms with Gasteiger partial charge in [0.1, 0.15) is 23.4 Å². The summed E-state index contributed by atoms with van der Waals surface area (Å²) in [6.07, 6.45) is 0.358. The van der Waals surface area contributed by atoms with Gasteiger partial charge in [-0.25, -0.2) is 0 Å². The number of esters is 1. The Kier molecular flexibility index (Phi) is 7.45. The second kappa shape index (κ2) is 10.6. The maximum Gasteiger partial charge on any atom is 0.306 e. The molecule has 0 radical (unpaired) electrons. The number of nitrogens with zero attached hydrogens (tertiary/aromatic N) is 1. The van der Waals surface area contributed by atoms with Crippen molar-refractivity contribution in [3.8, 4) is 28.7 Å². The number of aromatic nitrogens is 1. The van der Waals surface area contributed by atoms with Crippen LogP contribution in [0.15, 0.2) is 30.5 Å². The molecule has 1 aromatic heterocycles. The second-order valence-electron chi connectivity index (χ2n) is 8.95. The number of benzene rings is 2. The quantitative estimate of drug-likeness (QED) is 0.292. The number of carbonyl (C=O) groups excluding carboxylic acids is 2. The maximum atomic E-state index is 12.6. The molecular weight excluding hydrogens is 494 g/mol. The summed E-state index contributed by atoms with van der Waals surface area (Å²) in [6.45, 7) is 3.03. The summed E-state index contributed by atoms with van der Waals surface area (Å²) in [7, 11) is 4.17. The standard InChI is InChI=1S/C28H29NO9/c1-13-25(32)23-16(11-29-13)12-38-28(23)19-9-17(14(2)30)26(33)24(27(19)34)18(10-22(31)37-5)15-6-7-20(35-3)21(8-15)36-4/h6-9,11,18,28,32-34H,10,12H2,1-5H3/t18-,28-/m1/s1. The Morgan fingerprint density at radius 3 is 2.39 bits per heavy atom. The van der Waals surface area contributed by atoms with Crippen LogP contribution < -0.4 is 9.47 Å². The van der Waals surface area contributed by atoms with Crippen molar-refractivity contribution in [2.45, 2.75) is 38.9 Å². The molecule has 3 N–H and O–H groups in total. The third-order valence-electron chi connectivity index (χ3n) is 6.78. The van der Waals surface area contributed by atoms with Crippen LogP contribution in [0.3, 0.4) is 0 Å². The van der Waals surface area contributed by atoms with Gasteiger partial charge in [0.05, 0.1) is 45.6 Å². The Labute approximate surface area is 219 Å². The van der Waals surface area contributed by atoms with Gasteiger partial charge in [-0.2, -0.15) is 0 Å². The minimum Gasteiger partial charge on any atom is -0.507 e. The number of phenols is 2. The van der Waals surface area contributed by atoms with Gasteiger partial charge in [-0.3, -0.25) is 14.6 Å². The number of hydrogen-bond donors (Lipinski definition) is 3. The van der Waals surface area contributed by atoms with Gasteiger partial charge in [0.15, 0.2) is 17.3 Å². The summed E-state index contributed by atoms with van der Waals surface area (Å²) in [5, 5.41) is 33.6. The molecular formula is C28H29NO9. The van der Waals surface area contributed by atoms with Gasteiger partial charge < -0.3 is 34.3 Å². The van der Waals surface area contributed by atoms with E-state index in [0.29, 0.717) is 33.9 Å². The molecule has 0 amide bonds. The third kappa shape index (κ3) is 4.58. The molecule has 2 atom stereocenters. The Morgan fingerprint density at radius 2 is 1.76 bits per heavy atom. The van der Waals surface area contributed by atoms with Crippen LogP contribution in [0.4, 0.5) is 0 Å². The fourth-order valence-electron chi connectivity index (χ4n) is 4.77. The van der Waals surface area contributed by atoms with Gasteiger partial charge in [0.2, 0.25) is 0 Å². The molecule has 4 rings (SSSR count). The van der Waals surface area contributed by atoms with Gasteiger partial charge >= 0.3 is 5.97 Å². The molecule has 10 nitrogen and oxygen atoms in total. The van der Waals surface area contributed by atoms with Crippen molar-refractivity contribution in [1.29, 1.82) is 0 Å². The first-order valence-corrected chi connectivity index (χ1v) is 11.8. The summed E-state index contributed by atoms with van der Waals surface area (Å²) < 4.78 is 21.6. The van der Waals surface area contributed by atoms with Crippen LogP contribution in [0.25, 0.3) is 0 Å². The average Bonchev–Trinajstić information content (AvgIpc) is 3.34. The molecule has 38 heavy (non-hydrogen) atoms. The van der Waals surface area contributed by atoms with E-state index in [-0.39, 0.29) is 41.2 Å². The van der Waals surface area contributed by atoms with Crippen LogP contribution in [-0.2, 0) is 20.9 Å². The smallest absolute Gasteiger partial charge is 0.306 e. The second-order valence-corrected chi connectivity index (χ2v) is 8.95. The normalized spacial score (nSPS) is 15.0. The van der Waals surface area contributed by atoms with Crippen molar-refractivity contribution in [1.82, 2.24) is 4.98 Å². The number of aromatic hydroxyl groups is 3. The molecule has 1 aliphatic rings. The van der Waals surface area contributed by atoms with Crippen molar-refractivity contribution < 1.29 is 43.9 Å². The molecule has 0 unspecified atom stereocenters. The van der Waals surface area contributed by atoms with Crippen LogP contribution in [0, 0.1) is 6.92 Å². The Hall–Kier alpha value is -4.31. The molecule has 2 aromatic carbocycles. The lowest BCUT2D eigenvalue weighted by Crippen LogP contribution is -2.14. The van der Waals surface area contributed by atoms with E-state index in [0.717, 1.165) is 0 Å². The topological polar surface area (TPSA) is 145 Å². The van der Waals surface area contributed by atoms with Gasteiger partial charge in [0, 0.05) is 34.4 Å². The molecule has 1 aliphatic heterocycles. The summed E-state index contributed by atoms with van der Waals surface area (Å²) in [4.78, 5) is 29.3. The zero-order chi connectivity index (χ0) is 27.7. The van der Waals surface area contributed by atoms with E-state index in [1.54, 1.807) is 31.3 Å². The zero-order valence-electron chi connectivity index (χ0n) is 21.7. The molecule has 200 valence electrons. The number of carbonyl (C=O) groups is 2. The van der Waals surface area contributed by atoms with E-state index < -0.39 is 29.5 Å². The zero-order valence-corrected chi connectivity index (χ0v) is 21.7. The fraction of sp³-hybridized carbons (Fsp3) is 0.321. The van der Waals surface area contributed by atoms with E-state index in [9.17, 15) is 24.9 Å². The highest BCUT2D eigenvalue weighted by atomic mass is 16.5. The first-order valence-electron chi connectivity index (χ1n) is 11.8. The summed E-state index contributed by atoms with van der Waals surface area (Å²) >= 11 is 0. The highest BCUT2D eigenvalue weighted by Crippen LogP contribution is 2.51. The molecule has 0 saturated heterocycles. The van der Waals surface area contributed by atoms with Crippen LogP contribution in [0.5, 0.6) is 28.7 Å². The summed E-state index contributed by atoms with van der Waals surface area (Å²) in [6, 6.07) is 6.26. The SMILES string of the molecule is COC(=O)C[C@H](c1ccc(OC)c(OC)c1)c1c(O)c(C(C)=O)cc([C@H]2OCc3cnc(C)c(O)c32)c1O. The van der Waals surface area contributed by atoms with Crippen LogP contribution >= 0.6 is 0 Å². The predicted octanol–water partition coefficient (Wildman–Crippen LogP) is 4.04. The molecule has 3 aromatic rings. The number of rotatable bonds is 8.